The van der Waals surface area contributed by atoms with Crippen LogP contribution in [-0.4, -0.2) is 15.6 Å². The van der Waals surface area contributed by atoms with E-state index in [1.54, 1.807) is 0 Å². The summed E-state index contributed by atoms with van der Waals surface area (Å²) in [6, 6.07) is 8.67. The maximum atomic E-state index is 6.35. The molecule has 0 radical (unpaired) electrons. The highest BCUT2D eigenvalue weighted by Crippen LogP contribution is 2.30. The largest absolute Gasteiger partial charge is 0.328 e. The normalized spacial score (nSPS) is 17.3. The molecule has 2 N–H and O–H groups in total. The Morgan fingerprint density at radius 3 is 2.85 bits per heavy atom. The van der Waals surface area contributed by atoms with Gasteiger partial charge in [-0.05, 0) is 30.9 Å². The third-order valence-electron chi connectivity index (χ3n) is 4.49. The lowest BCUT2D eigenvalue weighted by Gasteiger charge is -2.28. The minimum absolute atomic E-state index is 0.257. The Kier molecular flexibility index (Phi) is 4.06. The lowest BCUT2D eigenvalue weighted by Crippen LogP contribution is -2.29. The molecule has 1 unspecified atom stereocenters. The second-order valence-corrected chi connectivity index (χ2v) is 6.17. The summed E-state index contributed by atoms with van der Waals surface area (Å²) < 4.78 is 2.36. The fraction of sp³-hybridized carbons (Fsp3) is 0.588. The fourth-order valence-electron chi connectivity index (χ4n) is 3.23. The molecule has 0 aliphatic heterocycles. The van der Waals surface area contributed by atoms with Crippen LogP contribution in [0.3, 0.4) is 0 Å². The third kappa shape index (κ3) is 2.73. The number of hydrogen-bond acceptors (Lipinski definition) is 2. The molecule has 1 atom stereocenters. The van der Waals surface area contributed by atoms with Gasteiger partial charge < -0.3 is 10.3 Å². The van der Waals surface area contributed by atoms with Gasteiger partial charge in [0, 0.05) is 19.0 Å². The highest BCUT2D eigenvalue weighted by atomic mass is 15.1. The quantitative estimate of drug-likeness (QED) is 0.873. The van der Waals surface area contributed by atoms with E-state index in [0.29, 0.717) is 0 Å². The molecule has 0 saturated heterocycles. The Bertz CT molecular complexity index is 569. The van der Waals surface area contributed by atoms with Crippen LogP contribution in [0.5, 0.6) is 0 Å². The lowest BCUT2D eigenvalue weighted by atomic mass is 9.80. The Hall–Kier alpha value is -1.35. The lowest BCUT2D eigenvalue weighted by molar-refractivity contribution is 0.274. The number of nitrogens with zero attached hydrogens (tertiary/aromatic N) is 2. The van der Waals surface area contributed by atoms with E-state index >= 15 is 0 Å². The fourth-order valence-corrected chi connectivity index (χ4v) is 3.23. The first-order valence-electron chi connectivity index (χ1n) is 7.97. The summed E-state index contributed by atoms with van der Waals surface area (Å²) >= 11 is 0. The van der Waals surface area contributed by atoms with Gasteiger partial charge in [-0.2, -0.15) is 0 Å². The summed E-state index contributed by atoms with van der Waals surface area (Å²) in [7, 11) is 0. The number of nitrogens with two attached hydrogens (primary N) is 1. The Morgan fingerprint density at radius 2 is 2.15 bits per heavy atom. The number of aryl methyl sites for hydroxylation is 1. The van der Waals surface area contributed by atoms with Crippen LogP contribution in [0.4, 0.5) is 0 Å². The van der Waals surface area contributed by atoms with Gasteiger partial charge in [0.25, 0.3) is 0 Å². The molecular weight excluding hydrogens is 246 g/mol. The van der Waals surface area contributed by atoms with Crippen molar-refractivity contribution < 1.29 is 0 Å². The summed E-state index contributed by atoms with van der Waals surface area (Å²) in [5.74, 6) is 2.04. The molecule has 1 fully saturated rings. The number of fused-ring (bicyclic) bond motifs is 1. The van der Waals surface area contributed by atoms with Gasteiger partial charge in [0.05, 0.1) is 11.0 Å². The van der Waals surface area contributed by atoms with Gasteiger partial charge in [-0.1, -0.05) is 38.3 Å². The highest BCUT2D eigenvalue weighted by Gasteiger charge is 2.21. The maximum Gasteiger partial charge on any atom is 0.111 e. The van der Waals surface area contributed by atoms with Crippen LogP contribution in [0.25, 0.3) is 11.0 Å². The van der Waals surface area contributed by atoms with E-state index in [4.69, 9.17) is 10.7 Å². The zero-order valence-corrected chi connectivity index (χ0v) is 12.4. The zero-order chi connectivity index (χ0) is 13.9. The number of hydrogen-bond donors (Lipinski definition) is 1. The molecule has 0 amide bonds. The van der Waals surface area contributed by atoms with Gasteiger partial charge in [0.15, 0.2) is 0 Å². The molecule has 1 aromatic heterocycles. The van der Waals surface area contributed by atoms with E-state index in [2.05, 4.69) is 35.8 Å². The van der Waals surface area contributed by atoms with Gasteiger partial charge >= 0.3 is 0 Å². The molecule has 1 aliphatic carbocycles. The average molecular weight is 271 g/mol. The molecule has 1 aliphatic rings. The molecule has 3 nitrogen and oxygen atoms in total. The van der Waals surface area contributed by atoms with Gasteiger partial charge in [0.2, 0.25) is 0 Å². The molecule has 0 spiro atoms. The summed E-state index contributed by atoms with van der Waals surface area (Å²) in [6.07, 6.45) is 7.34. The van der Waals surface area contributed by atoms with Crippen molar-refractivity contribution in [3.05, 3.63) is 30.1 Å². The zero-order valence-electron chi connectivity index (χ0n) is 12.4. The van der Waals surface area contributed by atoms with Crippen LogP contribution < -0.4 is 5.73 Å². The SMILES string of the molecule is CCCn1c(CC(N)CC2CCC2)nc2ccccc21. The van der Waals surface area contributed by atoms with E-state index < -0.39 is 0 Å². The van der Waals surface area contributed by atoms with Crippen molar-refractivity contribution in [2.24, 2.45) is 11.7 Å². The van der Waals surface area contributed by atoms with E-state index in [1.807, 2.05) is 0 Å². The number of para-hydroxylation sites is 2. The number of rotatable bonds is 6. The first kappa shape index (κ1) is 13.6. The summed E-state index contributed by atoms with van der Waals surface area (Å²) in [4.78, 5) is 4.81. The molecule has 0 bridgehead atoms. The van der Waals surface area contributed by atoms with E-state index in [-0.39, 0.29) is 6.04 Å². The van der Waals surface area contributed by atoms with Crippen LogP contribution in [0.1, 0.15) is 44.9 Å². The number of aromatic nitrogens is 2. The smallest absolute Gasteiger partial charge is 0.111 e. The molecular formula is C17H25N3. The summed E-state index contributed by atoms with van der Waals surface area (Å²) in [5, 5.41) is 0. The minimum atomic E-state index is 0.257. The molecule has 2 aromatic rings. The Labute approximate surface area is 121 Å². The van der Waals surface area contributed by atoms with Gasteiger partial charge in [-0.15, -0.1) is 0 Å². The highest BCUT2D eigenvalue weighted by molar-refractivity contribution is 5.75. The second-order valence-electron chi connectivity index (χ2n) is 6.17. The van der Waals surface area contributed by atoms with Gasteiger partial charge in [0.1, 0.15) is 5.82 Å². The minimum Gasteiger partial charge on any atom is -0.328 e. The molecule has 1 aromatic carbocycles. The molecule has 3 rings (SSSR count). The van der Waals surface area contributed by atoms with Crippen molar-refractivity contribution in [3.8, 4) is 0 Å². The van der Waals surface area contributed by atoms with Gasteiger partial charge in [-0.25, -0.2) is 4.98 Å². The van der Waals surface area contributed by atoms with E-state index in [1.165, 1.54) is 30.6 Å². The number of imidazole rings is 1. The van der Waals surface area contributed by atoms with Crippen molar-refractivity contribution in [2.75, 3.05) is 0 Å². The van der Waals surface area contributed by atoms with E-state index in [9.17, 15) is 0 Å². The van der Waals surface area contributed by atoms with Crippen molar-refractivity contribution in [2.45, 2.75) is 58.0 Å². The van der Waals surface area contributed by atoms with Gasteiger partial charge in [-0.3, -0.25) is 0 Å². The third-order valence-corrected chi connectivity index (χ3v) is 4.49. The predicted molar refractivity (Wildman–Crippen MR) is 83.7 cm³/mol. The average Bonchev–Trinajstić information content (AvgIpc) is 2.73. The van der Waals surface area contributed by atoms with Crippen LogP contribution in [-0.2, 0) is 13.0 Å². The van der Waals surface area contributed by atoms with Crippen molar-refractivity contribution in [1.29, 1.82) is 0 Å². The van der Waals surface area contributed by atoms with Crippen LogP contribution in [0.15, 0.2) is 24.3 Å². The Morgan fingerprint density at radius 1 is 1.35 bits per heavy atom. The number of benzene rings is 1. The van der Waals surface area contributed by atoms with Crippen molar-refractivity contribution >= 4 is 11.0 Å². The summed E-state index contributed by atoms with van der Waals surface area (Å²) in [6.45, 7) is 3.25. The second kappa shape index (κ2) is 5.96. The topological polar surface area (TPSA) is 43.8 Å². The monoisotopic (exact) mass is 271 g/mol. The molecule has 1 heterocycles. The molecule has 108 valence electrons. The first-order valence-corrected chi connectivity index (χ1v) is 7.97. The van der Waals surface area contributed by atoms with Crippen LogP contribution in [0, 0.1) is 5.92 Å². The molecule has 1 saturated carbocycles. The first-order chi connectivity index (χ1) is 9.78. The molecule has 20 heavy (non-hydrogen) atoms. The maximum absolute atomic E-state index is 6.35. The molecule has 3 heteroatoms. The standard InChI is InChI=1S/C17H25N3/c1-2-10-20-16-9-4-3-8-15(16)19-17(20)12-14(18)11-13-6-5-7-13/h3-4,8-9,13-14H,2,5-7,10-12,18H2,1H3. The van der Waals surface area contributed by atoms with Crippen LogP contribution in [0.2, 0.25) is 0 Å². The van der Waals surface area contributed by atoms with Crippen LogP contribution >= 0.6 is 0 Å². The predicted octanol–water partition coefficient (Wildman–Crippen LogP) is 3.51. The van der Waals surface area contributed by atoms with Crippen molar-refractivity contribution in [3.63, 3.8) is 0 Å². The van der Waals surface area contributed by atoms with E-state index in [0.717, 1.165) is 37.2 Å². The summed E-state index contributed by atoms with van der Waals surface area (Å²) in [5.41, 5.74) is 8.70. The van der Waals surface area contributed by atoms with Crippen molar-refractivity contribution in [1.82, 2.24) is 9.55 Å². The Balaban J connectivity index is 1.79.